The van der Waals surface area contributed by atoms with Gasteiger partial charge >= 0.3 is 0 Å². The molecule has 0 spiro atoms. The number of amides is 1. The van der Waals surface area contributed by atoms with E-state index in [0.29, 0.717) is 13.2 Å². The van der Waals surface area contributed by atoms with Crippen molar-refractivity contribution in [1.82, 2.24) is 19.4 Å². The summed E-state index contributed by atoms with van der Waals surface area (Å²) in [5.41, 5.74) is 19.2. The molecular weight excluding hydrogens is 540 g/mol. The minimum Gasteiger partial charge on any atom is -0.491 e. The van der Waals surface area contributed by atoms with Crippen LogP contribution in [0.2, 0.25) is 0 Å². The Kier molecular flexibility index (Phi) is 11.4. The predicted octanol–water partition coefficient (Wildman–Crippen LogP) is 5.05. The largest absolute Gasteiger partial charge is 0.491 e. The van der Waals surface area contributed by atoms with Crippen molar-refractivity contribution in [3.8, 4) is 33.8 Å². The number of primary amides is 1. The summed E-state index contributed by atoms with van der Waals surface area (Å²) in [7, 11) is 0. The van der Waals surface area contributed by atoms with Gasteiger partial charge in [-0.3, -0.25) is 14.7 Å². The Morgan fingerprint density at radius 3 is 2.49 bits per heavy atom. The van der Waals surface area contributed by atoms with Gasteiger partial charge in [0, 0.05) is 42.8 Å². The number of nitrogens with two attached hydrogens (primary N) is 2. The van der Waals surface area contributed by atoms with E-state index in [0.717, 1.165) is 77.6 Å². The van der Waals surface area contributed by atoms with E-state index >= 15 is 0 Å². The number of aryl methyl sites for hydroxylation is 2. The monoisotopic (exact) mass is 584 g/mol. The molecule has 2 aromatic heterocycles. The molecule has 5 rings (SSSR count). The number of imidazole rings is 1. The SMILES string of the molecule is Cc1cn(-c2cc(CN3CCCC(N)C3)cc(-c3cc(-c4ccc(OCCOC(C)C)cc4)c(C)cn3)c2)cn1.NC=O. The van der Waals surface area contributed by atoms with E-state index in [2.05, 4.69) is 69.7 Å². The normalized spacial score (nSPS) is 15.2. The van der Waals surface area contributed by atoms with Crippen LogP contribution in [0.25, 0.3) is 28.1 Å². The van der Waals surface area contributed by atoms with Gasteiger partial charge in [-0.1, -0.05) is 12.1 Å². The van der Waals surface area contributed by atoms with Crippen LogP contribution in [0.3, 0.4) is 0 Å². The van der Waals surface area contributed by atoms with Crippen molar-refractivity contribution in [2.75, 3.05) is 26.3 Å². The van der Waals surface area contributed by atoms with Crippen molar-refractivity contribution in [2.45, 2.75) is 59.2 Å². The molecule has 43 heavy (non-hydrogen) atoms. The summed E-state index contributed by atoms with van der Waals surface area (Å²) in [5, 5.41) is 0. The van der Waals surface area contributed by atoms with Crippen molar-refractivity contribution in [1.29, 1.82) is 0 Å². The topological polar surface area (TPSA) is 122 Å². The lowest BCUT2D eigenvalue weighted by Gasteiger charge is -2.30. The van der Waals surface area contributed by atoms with Gasteiger partial charge in [-0.15, -0.1) is 0 Å². The maximum Gasteiger partial charge on any atom is 0.204 e. The highest BCUT2D eigenvalue weighted by Gasteiger charge is 2.18. The molecule has 1 aliphatic heterocycles. The summed E-state index contributed by atoms with van der Waals surface area (Å²) in [4.78, 5) is 20.4. The third-order valence-electron chi connectivity index (χ3n) is 7.30. The van der Waals surface area contributed by atoms with E-state index < -0.39 is 0 Å². The fourth-order valence-corrected chi connectivity index (χ4v) is 5.28. The van der Waals surface area contributed by atoms with Crippen LogP contribution in [0.4, 0.5) is 0 Å². The number of pyridine rings is 1. The van der Waals surface area contributed by atoms with Gasteiger partial charge in [0.1, 0.15) is 12.4 Å². The molecule has 9 nitrogen and oxygen atoms in total. The Morgan fingerprint density at radius 1 is 1.05 bits per heavy atom. The van der Waals surface area contributed by atoms with Gasteiger partial charge in [-0.05, 0) is 106 Å². The molecule has 1 saturated heterocycles. The van der Waals surface area contributed by atoms with Gasteiger partial charge in [0.15, 0.2) is 0 Å². The van der Waals surface area contributed by atoms with Gasteiger partial charge in [0.05, 0.1) is 30.4 Å². The van der Waals surface area contributed by atoms with Crippen molar-refractivity contribution in [2.24, 2.45) is 11.5 Å². The Morgan fingerprint density at radius 2 is 1.81 bits per heavy atom. The van der Waals surface area contributed by atoms with Crippen LogP contribution in [-0.2, 0) is 16.1 Å². The third kappa shape index (κ3) is 9.22. The van der Waals surface area contributed by atoms with Gasteiger partial charge < -0.3 is 25.5 Å². The number of nitrogens with zero attached hydrogens (tertiary/aromatic N) is 4. The van der Waals surface area contributed by atoms with Crippen molar-refractivity contribution in [3.05, 3.63) is 84.1 Å². The highest BCUT2D eigenvalue weighted by atomic mass is 16.5. The second-order valence-electron chi connectivity index (χ2n) is 11.3. The van der Waals surface area contributed by atoms with Crippen molar-refractivity contribution in [3.63, 3.8) is 0 Å². The summed E-state index contributed by atoms with van der Waals surface area (Å²) in [6.07, 6.45) is 8.61. The number of likely N-dealkylation sites (tertiary alicyclic amines) is 1. The molecule has 1 amide bonds. The van der Waals surface area contributed by atoms with E-state index in [1.165, 1.54) is 5.56 Å². The predicted molar refractivity (Wildman–Crippen MR) is 171 cm³/mol. The molecule has 3 heterocycles. The Labute approximate surface area is 254 Å². The molecule has 228 valence electrons. The van der Waals surface area contributed by atoms with Crippen LogP contribution in [-0.4, -0.2) is 64.3 Å². The third-order valence-corrected chi connectivity index (χ3v) is 7.30. The quantitative estimate of drug-likeness (QED) is 0.198. The summed E-state index contributed by atoms with van der Waals surface area (Å²) >= 11 is 0. The molecule has 2 aromatic carbocycles. The first-order valence-electron chi connectivity index (χ1n) is 14.9. The molecule has 4 N–H and O–H groups in total. The highest BCUT2D eigenvalue weighted by molar-refractivity contribution is 5.74. The average molecular weight is 585 g/mol. The first-order valence-corrected chi connectivity index (χ1v) is 14.9. The zero-order chi connectivity index (χ0) is 30.8. The highest BCUT2D eigenvalue weighted by Crippen LogP contribution is 2.31. The first kappa shape index (κ1) is 31.9. The molecule has 1 fully saturated rings. The van der Waals surface area contributed by atoms with Crippen molar-refractivity contribution >= 4 is 6.41 Å². The lowest BCUT2D eigenvalue weighted by Crippen LogP contribution is -2.42. The minimum absolute atomic E-state index is 0.207. The van der Waals surface area contributed by atoms with Crippen LogP contribution < -0.4 is 16.2 Å². The number of carbonyl (C=O) groups excluding carboxylic acids is 1. The Hall–Kier alpha value is -4.05. The van der Waals surface area contributed by atoms with Crippen LogP contribution in [0.5, 0.6) is 5.75 Å². The number of hydrogen-bond donors (Lipinski definition) is 2. The summed E-state index contributed by atoms with van der Waals surface area (Å²) in [6, 6.07) is 17.4. The molecule has 0 radical (unpaired) electrons. The summed E-state index contributed by atoms with van der Waals surface area (Å²) in [6.45, 7) is 12.2. The molecule has 1 aliphatic rings. The fraction of sp³-hybridized carbons (Fsp3) is 0.382. The lowest BCUT2D eigenvalue weighted by atomic mass is 9.98. The summed E-state index contributed by atoms with van der Waals surface area (Å²) in [5.74, 6) is 0.841. The van der Waals surface area contributed by atoms with E-state index in [1.807, 2.05) is 45.4 Å². The molecule has 0 aliphatic carbocycles. The zero-order valence-corrected chi connectivity index (χ0v) is 25.7. The van der Waals surface area contributed by atoms with Gasteiger partial charge in [0.2, 0.25) is 6.41 Å². The van der Waals surface area contributed by atoms with Crippen molar-refractivity contribution < 1.29 is 14.3 Å². The summed E-state index contributed by atoms with van der Waals surface area (Å²) < 4.78 is 13.5. The molecular formula is C34H44N6O3. The number of hydrogen-bond acceptors (Lipinski definition) is 7. The maximum atomic E-state index is 8.58. The van der Waals surface area contributed by atoms with Crippen LogP contribution in [0, 0.1) is 13.8 Å². The number of rotatable bonds is 10. The van der Waals surface area contributed by atoms with E-state index in [9.17, 15) is 0 Å². The van der Waals surface area contributed by atoms with E-state index in [1.54, 1.807) is 0 Å². The maximum absolute atomic E-state index is 8.58. The number of carbonyl (C=O) groups is 1. The molecule has 9 heteroatoms. The second kappa shape index (κ2) is 15.4. The second-order valence-corrected chi connectivity index (χ2v) is 11.3. The number of benzene rings is 2. The zero-order valence-electron chi connectivity index (χ0n) is 25.7. The fourth-order valence-electron chi connectivity index (χ4n) is 5.28. The molecule has 1 atom stereocenters. The smallest absolute Gasteiger partial charge is 0.204 e. The van der Waals surface area contributed by atoms with Crippen LogP contribution in [0.15, 0.2) is 67.3 Å². The van der Waals surface area contributed by atoms with Crippen LogP contribution in [0.1, 0.15) is 43.5 Å². The standard InChI is InChI=1S/C33H41N5O2.CH3NO/c1-23(2)39-12-13-40-31-9-7-27(8-10-31)32-17-33(35-18-24(32)3)28-14-26(20-37-11-5-6-29(34)21-37)15-30(16-28)38-19-25(4)36-22-38;2-1-3/h7-10,14-19,22-23,29H,5-6,11-13,20-21,34H2,1-4H3;1H,(H2,2,3). The number of piperidine rings is 1. The molecule has 1 unspecified atom stereocenters. The Bertz CT molecular complexity index is 1470. The van der Waals surface area contributed by atoms with Crippen LogP contribution >= 0.6 is 0 Å². The number of aromatic nitrogens is 3. The Balaban J connectivity index is 0.00000135. The van der Waals surface area contributed by atoms with Gasteiger partial charge in [0.25, 0.3) is 0 Å². The van der Waals surface area contributed by atoms with E-state index in [4.69, 9.17) is 25.0 Å². The van der Waals surface area contributed by atoms with Gasteiger partial charge in [-0.25, -0.2) is 4.98 Å². The molecule has 0 bridgehead atoms. The molecule has 4 aromatic rings. The van der Waals surface area contributed by atoms with Gasteiger partial charge in [-0.2, -0.15) is 0 Å². The first-order chi connectivity index (χ1) is 20.7. The van der Waals surface area contributed by atoms with E-state index in [-0.39, 0.29) is 18.6 Å². The average Bonchev–Trinajstić information content (AvgIpc) is 3.42. The molecule has 0 saturated carbocycles. The minimum atomic E-state index is 0.207. The lowest BCUT2D eigenvalue weighted by molar-refractivity contribution is -0.106. The number of ether oxygens (including phenoxy) is 2.